The second-order valence-electron chi connectivity index (χ2n) is 5.42. The lowest BCUT2D eigenvalue weighted by Gasteiger charge is -2.09. The quantitative estimate of drug-likeness (QED) is 0.503. The summed E-state index contributed by atoms with van der Waals surface area (Å²) in [5.41, 5.74) is -0.138. The predicted octanol–water partition coefficient (Wildman–Crippen LogP) is 3.82. The van der Waals surface area contributed by atoms with E-state index < -0.39 is 11.9 Å². The van der Waals surface area contributed by atoms with E-state index in [0.717, 1.165) is 10.7 Å². The first-order chi connectivity index (χ1) is 12.4. The highest BCUT2D eigenvalue weighted by molar-refractivity contribution is 9.10. The molecular weight excluding hydrogens is 413 g/mol. The Kier molecular flexibility index (Phi) is 3.98. The molecule has 4 heterocycles. The third-order valence-corrected chi connectivity index (χ3v) is 4.56. The Morgan fingerprint density at radius 1 is 1.00 bits per heavy atom. The SMILES string of the molecule is FC(F)(F)c1cccc(-c2nccn2Cc2nc3ncccn3c2Br)n1. The minimum atomic E-state index is -4.51. The number of rotatable bonds is 3. The summed E-state index contributed by atoms with van der Waals surface area (Å²) in [6.45, 7) is 0.303. The zero-order valence-corrected chi connectivity index (χ0v) is 14.6. The maximum Gasteiger partial charge on any atom is 0.433 e. The van der Waals surface area contributed by atoms with Crippen LogP contribution in [0.25, 0.3) is 17.3 Å². The van der Waals surface area contributed by atoms with Crippen LogP contribution in [0.2, 0.25) is 0 Å². The molecule has 0 saturated heterocycles. The molecule has 4 aromatic rings. The smallest absolute Gasteiger partial charge is 0.324 e. The molecule has 10 heteroatoms. The highest BCUT2D eigenvalue weighted by Crippen LogP contribution is 2.29. The average Bonchev–Trinajstić information content (AvgIpc) is 3.20. The molecule has 0 atom stereocenters. The second kappa shape index (κ2) is 6.20. The maximum atomic E-state index is 12.9. The highest BCUT2D eigenvalue weighted by Gasteiger charge is 2.32. The van der Waals surface area contributed by atoms with E-state index in [0.29, 0.717) is 23.8 Å². The van der Waals surface area contributed by atoms with Gasteiger partial charge in [0.25, 0.3) is 0 Å². The van der Waals surface area contributed by atoms with E-state index in [-0.39, 0.29) is 5.69 Å². The zero-order valence-electron chi connectivity index (χ0n) is 13.0. The summed E-state index contributed by atoms with van der Waals surface area (Å²) in [5, 5.41) is 0. The van der Waals surface area contributed by atoms with Gasteiger partial charge in [-0.2, -0.15) is 13.2 Å². The number of aromatic nitrogens is 6. The van der Waals surface area contributed by atoms with Gasteiger partial charge in [0.2, 0.25) is 5.78 Å². The summed E-state index contributed by atoms with van der Waals surface area (Å²) in [4.78, 5) is 16.5. The topological polar surface area (TPSA) is 60.9 Å². The molecule has 0 saturated carbocycles. The van der Waals surface area contributed by atoms with Gasteiger partial charge in [0.05, 0.1) is 12.2 Å². The maximum absolute atomic E-state index is 12.9. The van der Waals surface area contributed by atoms with Crippen molar-refractivity contribution in [1.29, 1.82) is 0 Å². The number of imidazole rings is 2. The van der Waals surface area contributed by atoms with Gasteiger partial charge in [-0.15, -0.1) is 0 Å². The van der Waals surface area contributed by atoms with Gasteiger partial charge >= 0.3 is 6.18 Å². The number of alkyl halides is 3. The van der Waals surface area contributed by atoms with E-state index in [1.165, 1.54) is 18.3 Å². The molecule has 26 heavy (non-hydrogen) atoms. The van der Waals surface area contributed by atoms with Crippen molar-refractivity contribution in [2.24, 2.45) is 0 Å². The lowest BCUT2D eigenvalue weighted by molar-refractivity contribution is -0.141. The molecule has 0 spiro atoms. The Hall–Kier alpha value is -2.75. The Labute approximate surface area is 153 Å². The largest absolute Gasteiger partial charge is 0.433 e. The number of nitrogens with zero attached hydrogens (tertiary/aromatic N) is 6. The summed E-state index contributed by atoms with van der Waals surface area (Å²) in [7, 11) is 0. The molecule has 0 N–H and O–H groups in total. The summed E-state index contributed by atoms with van der Waals surface area (Å²) < 4.78 is 42.9. The molecule has 0 bridgehead atoms. The molecule has 0 aliphatic rings. The summed E-state index contributed by atoms with van der Waals surface area (Å²) >= 11 is 3.48. The van der Waals surface area contributed by atoms with Crippen LogP contribution in [0.15, 0.2) is 53.7 Å². The van der Waals surface area contributed by atoms with Crippen LogP contribution >= 0.6 is 15.9 Å². The Bertz CT molecular complexity index is 1080. The molecule has 0 amide bonds. The van der Waals surface area contributed by atoms with Gasteiger partial charge in [-0.05, 0) is 34.1 Å². The normalized spacial score (nSPS) is 12.0. The lowest BCUT2D eigenvalue weighted by atomic mass is 10.3. The predicted molar refractivity (Wildman–Crippen MR) is 90.2 cm³/mol. The van der Waals surface area contributed by atoms with Crippen LogP contribution in [-0.4, -0.2) is 28.9 Å². The third kappa shape index (κ3) is 2.96. The second-order valence-corrected chi connectivity index (χ2v) is 6.17. The van der Waals surface area contributed by atoms with E-state index in [2.05, 4.69) is 35.9 Å². The van der Waals surface area contributed by atoms with Crippen LogP contribution in [0.1, 0.15) is 11.4 Å². The van der Waals surface area contributed by atoms with E-state index in [1.54, 1.807) is 27.4 Å². The Morgan fingerprint density at radius 2 is 1.85 bits per heavy atom. The van der Waals surface area contributed by atoms with Crippen LogP contribution < -0.4 is 0 Å². The first kappa shape index (κ1) is 16.7. The zero-order chi connectivity index (χ0) is 18.3. The molecule has 0 aromatic carbocycles. The summed E-state index contributed by atoms with van der Waals surface area (Å²) in [6, 6.07) is 5.52. The van der Waals surface area contributed by atoms with E-state index >= 15 is 0 Å². The minimum Gasteiger partial charge on any atom is -0.324 e. The van der Waals surface area contributed by atoms with Gasteiger partial charge in [0, 0.05) is 24.8 Å². The van der Waals surface area contributed by atoms with Gasteiger partial charge in [-0.1, -0.05) is 6.07 Å². The molecule has 132 valence electrons. The molecule has 4 aromatic heterocycles. The van der Waals surface area contributed by atoms with E-state index in [1.807, 2.05) is 6.20 Å². The number of hydrogen-bond acceptors (Lipinski definition) is 4. The summed E-state index contributed by atoms with van der Waals surface area (Å²) in [6.07, 6.45) is 2.12. The van der Waals surface area contributed by atoms with Crippen LogP contribution in [0.4, 0.5) is 13.2 Å². The van der Waals surface area contributed by atoms with Crippen molar-refractivity contribution in [3.05, 3.63) is 65.0 Å². The Morgan fingerprint density at radius 3 is 2.62 bits per heavy atom. The molecule has 0 unspecified atom stereocenters. The fraction of sp³-hybridized carbons (Fsp3) is 0.125. The monoisotopic (exact) mass is 422 g/mol. The number of halogens is 4. The highest BCUT2D eigenvalue weighted by atomic mass is 79.9. The molecular formula is C16H10BrF3N6. The molecule has 0 radical (unpaired) electrons. The molecule has 0 aliphatic heterocycles. The van der Waals surface area contributed by atoms with E-state index in [9.17, 15) is 13.2 Å². The molecule has 0 aliphatic carbocycles. The van der Waals surface area contributed by atoms with Crippen LogP contribution in [0.3, 0.4) is 0 Å². The van der Waals surface area contributed by atoms with Gasteiger partial charge in [0.15, 0.2) is 5.82 Å². The molecule has 6 nitrogen and oxygen atoms in total. The fourth-order valence-corrected chi connectivity index (χ4v) is 3.04. The number of pyridine rings is 1. The van der Waals surface area contributed by atoms with Crippen molar-refractivity contribution in [2.45, 2.75) is 12.7 Å². The number of fused-ring (bicyclic) bond motifs is 1. The van der Waals surface area contributed by atoms with Crippen molar-refractivity contribution in [3.63, 3.8) is 0 Å². The van der Waals surface area contributed by atoms with Crippen molar-refractivity contribution in [2.75, 3.05) is 0 Å². The van der Waals surface area contributed by atoms with Gasteiger partial charge < -0.3 is 4.57 Å². The third-order valence-electron chi connectivity index (χ3n) is 3.72. The van der Waals surface area contributed by atoms with Crippen LogP contribution in [0.5, 0.6) is 0 Å². The van der Waals surface area contributed by atoms with Crippen molar-refractivity contribution < 1.29 is 13.2 Å². The van der Waals surface area contributed by atoms with Crippen molar-refractivity contribution in [3.8, 4) is 11.5 Å². The van der Waals surface area contributed by atoms with Crippen LogP contribution in [0, 0.1) is 0 Å². The fourth-order valence-electron chi connectivity index (χ4n) is 2.55. The van der Waals surface area contributed by atoms with Crippen LogP contribution in [-0.2, 0) is 12.7 Å². The standard InChI is InChI=1S/C16H10BrF3N6/c17-13-11(24-15-22-5-2-7-26(13)15)9-25-8-6-21-14(25)10-3-1-4-12(23-10)16(18,19)20/h1-8H,9H2. The molecule has 0 fully saturated rings. The van der Waals surface area contributed by atoms with Gasteiger partial charge in [-0.3, -0.25) is 4.40 Å². The number of hydrogen-bond donors (Lipinski definition) is 0. The van der Waals surface area contributed by atoms with Gasteiger partial charge in [0.1, 0.15) is 16.0 Å². The minimum absolute atomic E-state index is 0.142. The van der Waals surface area contributed by atoms with Gasteiger partial charge in [-0.25, -0.2) is 19.9 Å². The first-order valence-electron chi connectivity index (χ1n) is 7.46. The van der Waals surface area contributed by atoms with E-state index in [4.69, 9.17) is 0 Å². The Balaban J connectivity index is 1.72. The van der Waals surface area contributed by atoms with Crippen molar-refractivity contribution >= 4 is 21.7 Å². The lowest BCUT2D eigenvalue weighted by Crippen LogP contribution is -2.09. The molecule has 4 rings (SSSR count). The van der Waals surface area contributed by atoms with Crippen molar-refractivity contribution in [1.82, 2.24) is 28.9 Å². The average molecular weight is 423 g/mol. The first-order valence-corrected chi connectivity index (χ1v) is 8.26. The summed E-state index contributed by atoms with van der Waals surface area (Å²) in [5.74, 6) is 0.848.